The van der Waals surface area contributed by atoms with Crippen LogP contribution in [0, 0.1) is 11.7 Å². The monoisotopic (exact) mass is 272 g/mol. The highest BCUT2D eigenvalue weighted by molar-refractivity contribution is 9.09. The van der Waals surface area contributed by atoms with E-state index in [1.807, 2.05) is 12.1 Å². The molecular formula is C12H14BrFO. The average molecular weight is 273 g/mol. The fourth-order valence-electron chi connectivity index (χ4n) is 1.92. The van der Waals surface area contributed by atoms with Gasteiger partial charge in [0.25, 0.3) is 0 Å². The predicted octanol–water partition coefficient (Wildman–Crippen LogP) is 3.69. The first-order valence-electron chi connectivity index (χ1n) is 5.24. The molecule has 2 unspecified atom stereocenters. The van der Waals surface area contributed by atoms with Gasteiger partial charge in [0.2, 0.25) is 0 Å². The van der Waals surface area contributed by atoms with Gasteiger partial charge < -0.3 is 4.74 Å². The second-order valence-electron chi connectivity index (χ2n) is 3.93. The van der Waals surface area contributed by atoms with E-state index in [0.29, 0.717) is 5.92 Å². The van der Waals surface area contributed by atoms with Gasteiger partial charge in [0.1, 0.15) is 5.82 Å². The fourth-order valence-corrected chi connectivity index (χ4v) is 2.64. The smallest absolute Gasteiger partial charge is 0.123 e. The van der Waals surface area contributed by atoms with Crippen LogP contribution in [0.1, 0.15) is 23.2 Å². The maximum absolute atomic E-state index is 12.8. The van der Waals surface area contributed by atoms with Crippen LogP contribution in [-0.2, 0) is 4.74 Å². The molecule has 1 aromatic rings. The summed E-state index contributed by atoms with van der Waals surface area (Å²) < 4.78 is 18.2. The number of ether oxygens (including phenoxy) is 1. The lowest BCUT2D eigenvalue weighted by Crippen LogP contribution is -2.20. The molecule has 0 radical (unpaired) electrons. The number of hydrogen-bond acceptors (Lipinski definition) is 1. The molecule has 0 aromatic heterocycles. The Bertz CT molecular complexity index is 306. The number of halogens is 2. The molecule has 0 spiro atoms. The predicted molar refractivity (Wildman–Crippen MR) is 61.6 cm³/mol. The minimum Gasteiger partial charge on any atom is -0.381 e. The Hall–Kier alpha value is -0.410. The van der Waals surface area contributed by atoms with Crippen LogP contribution < -0.4 is 0 Å². The number of hydrogen-bond donors (Lipinski definition) is 0. The highest BCUT2D eigenvalue weighted by atomic mass is 79.9. The zero-order valence-corrected chi connectivity index (χ0v) is 10.0. The van der Waals surface area contributed by atoms with Gasteiger partial charge in [0.15, 0.2) is 0 Å². The fraction of sp³-hybridized carbons (Fsp3) is 0.500. The Labute approximate surface area is 97.8 Å². The van der Waals surface area contributed by atoms with Crippen molar-refractivity contribution >= 4 is 15.9 Å². The average Bonchev–Trinajstić information content (AvgIpc) is 2.30. The minimum absolute atomic E-state index is 0.182. The van der Waals surface area contributed by atoms with Crippen LogP contribution in [0.5, 0.6) is 0 Å². The van der Waals surface area contributed by atoms with Gasteiger partial charge >= 0.3 is 0 Å². The Kier molecular flexibility index (Phi) is 3.76. The van der Waals surface area contributed by atoms with E-state index in [1.165, 1.54) is 18.6 Å². The summed E-state index contributed by atoms with van der Waals surface area (Å²) in [5, 5.41) is 0. The summed E-state index contributed by atoms with van der Waals surface area (Å²) in [6, 6.07) is 6.69. The number of benzene rings is 1. The van der Waals surface area contributed by atoms with Crippen molar-refractivity contribution in [1.29, 1.82) is 0 Å². The minimum atomic E-state index is -0.182. The highest BCUT2D eigenvalue weighted by Gasteiger charge is 2.23. The molecule has 3 heteroatoms. The molecular weight excluding hydrogens is 259 g/mol. The van der Waals surface area contributed by atoms with E-state index < -0.39 is 0 Å². The molecule has 1 heterocycles. The molecule has 0 N–H and O–H groups in total. The lowest BCUT2D eigenvalue weighted by molar-refractivity contribution is 0.0546. The Morgan fingerprint density at radius 3 is 2.67 bits per heavy atom. The Morgan fingerprint density at radius 1 is 1.33 bits per heavy atom. The lowest BCUT2D eigenvalue weighted by Gasteiger charge is -2.26. The molecule has 1 aliphatic heterocycles. The second-order valence-corrected chi connectivity index (χ2v) is 4.92. The van der Waals surface area contributed by atoms with Crippen molar-refractivity contribution in [3.63, 3.8) is 0 Å². The van der Waals surface area contributed by atoms with Gasteiger partial charge in [-0.15, -0.1) is 0 Å². The quantitative estimate of drug-likeness (QED) is 0.747. The summed E-state index contributed by atoms with van der Waals surface area (Å²) in [5.74, 6) is 0.322. The van der Waals surface area contributed by atoms with E-state index in [-0.39, 0.29) is 10.6 Å². The van der Waals surface area contributed by atoms with Crippen LogP contribution in [0.3, 0.4) is 0 Å². The molecule has 1 nitrogen and oxygen atoms in total. The first-order valence-corrected chi connectivity index (χ1v) is 6.16. The molecule has 0 aliphatic carbocycles. The van der Waals surface area contributed by atoms with Crippen LogP contribution in [0.4, 0.5) is 4.39 Å². The van der Waals surface area contributed by atoms with Gasteiger partial charge in [-0.1, -0.05) is 28.1 Å². The molecule has 82 valence electrons. The van der Waals surface area contributed by atoms with Crippen LogP contribution in [0.25, 0.3) is 0 Å². The Morgan fingerprint density at radius 2 is 2.07 bits per heavy atom. The van der Waals surface area contributed by atoms with Gasteiger partial charge in [-0.25, -0.2) is 4.39 Å². The van der Waals surface area contributed by atoms with Gasteiger partial charge in [0.05, 0.1) is 6.61 Å². The van der Waals surface area contributed by atoms with E-state index in [1.54, 1.807) is 0 Å². The van der Waals surface area contributed by atoms with E-state index in [2.05, 4.69) is 15.9 Å². The standard InChI is InChI=1S/C12H14BrFO/c13-12(10-2-1-7-15-8-10)9-3-5-11(14)6-4-9/h3-6,10,12H,1-2,7-8H2. The molecule has 1 saturated heterocycles. The molecule has 0 bridgehead atoms. The van der Waals surface area contributed by atoms with Gasteiger partial charge in [-0.3, -0.25) is 0 Å². The van der Waals surface area contributed by atoms with Gasteiger partial charge in [-0.2, -0.15) is 0 Å². The van der Waals surface area contributed by atoms with Crippen LogP contribution in [-0.4, -0.2) is 13.2 Å². The zero-order chi connectivity index (χ0) is 10.7. The maximum Gasteiger partial charge on any atom is 0.123 e. The first-order chi connectivity index (χ1) is 7.27. The molecule has 0 amide bonds. The summed E-state index contributed by atoms with van der Waals surface area (Å²) >= 11 is 3.67. The highest BCUT2D eigenvalue weighted by Crippen LogP contribution is 2.35. The zero-order valence-electron chi connectivity index (χ0n) is 8.46. The second kappa shape index (κ2) is 5.08. The summed E-state index contributed by atoms with van der Waals surface area (Å²) in [7, 11) is 0. The van der Waals surface area contributed by atoms with Crippen molar-refractivity contribution in [1.82, 2.24) is 0 Å². The molecule has 0 saturated carbocycles. The Balaban J connectivity index is 2.05. The van der Waals surface area contributed by atoms with E-state index in [9.17, 15) is 4.39 Å². The largest absolute Gasteiger partial charge is 0.381 e. The van der Waals surface area contributed by atoms with E-state index in [4.69, 9.17) is 4.74 Å². The van der Waals surface area contributed by atoms with Crippen molar-refractivity contribution in [2.75, 3.05) is 13.2 Å². The molecule has 1 aromatic carbocycles. The lowest BCUT2D eigenvalue weighted by atomic mass is 9.94. The van der Waals surface area contributed by atoms with Crippen molar-refractivity contribution in [2.24, 2.45) is 5.92 Å². The normalized spacial score (nSPS) is 23.7. The van der Waals surface area contributed by atoms with Gasteiger partial charge in [0, 0.05) is 11.4 Å². The first kappa shape index (κ1) is 11.1. The summed E-state index contributed by atoms with van der Waals surface area (Å²) in [5.41, 5.74) is 1.13. The number of alkyl halides is 1. The van der Waals surface area contributed by atoms with Gasteiger partial charge in [-0.05, 0) is 36.5 Å². The third-order valence-corrected chi connectivity index (χ3v) is 4.07. The van der Waals surface area contributed by atoms with Crippen molar-refractivity contribution in [3.05, 3.63) is 35.6 Å². The third kappa shape index (κ3) is 2.79. The molecule has 2 rings (SSSR count). The third-order valence-electron chi connectivity index (χ3n) is 2.80. The maximum atomic E-state index is 12.8. The molecule has 15 heavy (non-hydrogen) atoms. The topological polar surface area (TPSA) is 9.23 Å². The van der Waals surface area contributed by atoms with Crippen LogP contribution in [0.15, 0.2) is 24.3 Å². The van der Waals surface area contributed by atoms with Crippen molar-refractivity contribution < 1.29 is 9.13 Å². The van der Waals surface area contributed by atoms with Crippen molar-refractivity contribution in [3.8, 4) is 0 Å². The molecule has 1 aliphatic rings. The van der Waals surface area contributed by atoms with Crippen LogP contribution >= 0.6 is 15.9 Å². The van der Waals surface area contributed by atoms with Crippen LogP contribution in [0.2, 0.25) is 0 Å². The number of rotatable bonds is 2. The summed E-state index contributed by atoms with van der Waals surface area (Å²) in [6.45, 7) is 1.67. The van der Waals surface area contributed by atoms with Crippen molar-refractivity contribution in [2.45, 2.75) is 17.7 Å². The van der Waals surface area contributed by atoms with E-state index in [0.717, 1.165) is 25.2 Å². The summed E-state index contributed by atoms with van der Waals surface area (Å²) in [4.78, 5) is 0.276. The van der Waals surface area contributed by atoms with E-state index >= 15 is 0 Å². The SMILES string of the molecule is Fc1ccc(C(Br)C2CCCOC2)cc1. The molecule has 1 fully saturated rings. The summed E-state index contributed by atoms with van der Waals surface area (Å²) in [6.07, 6.45) is 2.29. The molecule has 2 atom stereocenters.